The molecule has 0 spiro atoms. The maximum Gasteiger partial charge on any atom is 0.408 e. The molecular formula is C19H31NO5Si. The monoisotopic (exact) mass is 381 g/mol. The molecule has 6 nitrogen and oxygen atoms in total. The van der Waals surface area contributed by atoms with Crippen LogP contribution in [-0.4, -0.2) is 39.6 Å². The molecule has 1 unspecified atom stereocenters. The van der Waals surface area contributed by atoms with E-state index >= 15 is 0 Å². The number of nitrogens with one attached hydrogen (secondary N) is 1. The van der Waals surface area contributed by atoms with Gasteiger partial charge in [-0.1, -0.05) is 51.1 Å². The minimum absolute atomic E-state index is 0.0160. The normalized spacial score (nSPS) is 14.3. The third-order valence-electron chi connectivity index (χ3n) is 4.75. The molecule has 26 heavy (non-hydrogen) atoms. The standard InChI is InChI=1S/C19H31NO5Si/c1-18(2,3)26(6,7)25-14-19(4,16(21)23-5)20-17(22)24-13-15-11-9-8-10-12-15/h8-12H,13-14H2,1-7H3,(H,20,22). The van der Waals surface area contributed by atoms with Crippen molar-refractivity contribution in [3.8, 4) is 0 Å². The molecule has 1 rings (SSSR count). The van der Waals surface area contributed by atoms with Gasteiger partial charge in [0.1, 0.15) is 6.61 Å². The van der Waals surface area contributed by atoms with Gasteiger partial charge in [-0.15, -0.1) is 0 Å². The maximum absolute atomic E-state index is 12.3. The number of amides is 1. The molecule has 146 valence electrons. The Morgan fingerprint density at radius 1 is 1.08 bits per heavy atom. The number of ether oxygens (including phenoxy) is 2. The third-order valence-corrected chi connectivity index (χ3v) is 9.23. The molecule has 1 atom stereocenters. The molecule has 1 amide bonds. The molecule has 0 aromatic heterocycles. The zero-order valence-corrected chi connectivity index (χ0v) is 17.8. The van der Waals surface area contributed by atoms with Crippen molar-refractivity contribution in [3.63, 3.8) is 0 Å². The summed E-state index contributed by atoms with van der Waals surface area (Å²) in [5.41, 5.74) is -0.460. The third kappa shape index (κ3) is 6.14. The highest BCUT2D eigenvalue weighted by Crippen LogP contribution is 2.37. The van der Waals surface area contributed by atoms with Gasteiger partial charge in [-0.2, -0.15) is 0 Å². The number of hydrogen-bond donors (Lipinski definition) is 1. The highest BCUT2D eigenvalue weighted by molar-refractivity contribution is 6.74. The van der Waals surface area contributed by atoms with Crippen LogP contribution in [0, 0.1) is 0 Å². The van der Waals surface area contributed by atoms with Crippen LogP contribution < -0.4 is 5.32 Å². The second-order valence-corrected chi connectivity index (χ2v) is 12.9. The number of hydrogen-bond acceptors (Lipinski definition) is 5. The predicted octanol–water partition coefficient (Wildman–Crippen LogP) is 3.87. The predicted molar refractivity (Wildman–Crippen MR) is 103 cm³/mol. The van der Waals surface area contributed by atoms with E-state index in [9.17, 15) is 9.59 Å². The molecule has 1 aromatic carbocycles. The van der Waals surface area contributed by atoms with E-state index in [0.29, 0.717) is 0 Å². The zero-order valence-electron chi connectivity index (χ0n) is 16.8. The first-order chi connectivity index (χ1) is 11.9. The summed E-state index contributed by atoms with van der Waals surface area (Å²) in [6, 6.07) is 9.32. The highest BCUT2D eigenvalue weighted by Gasteiger charge is 2.43. The molecule has 0 bridgehead atoms. The van der Waals surface area contributed by atoms with Crippen LogP contribution in [0.3, 0.4) is 0 Å². The van der Waals surface area contributed by atoms with Crippen molar-refractivity contribution in [3.05, 3.63) is 35.9 Å². The van der Waals surface area contributed by atoms with E-state index in [4.69, 9.17) is 13.9 Å². The fraction of sp³-hybridized carbons (Fsp3) is 0.579. The van der Waals surface area contributed by atoms with Crippen LogP contribution in [0.4, 0.5) is 4.79 Å². The van der Waals surface area contributed by atoms with Crippen LogP contribution in [0.15, 0.2) is 30.3 Å². The van der Waals surface area contributed by atoms with Gasteiger partial charge in [0, 0.05) is 0 Å². The maximum atomic E-state index is 12.3. The van der Waals surface area contributed by atoms with Crippen molar-refractivity contribution in [1.29, 1.82) is 0 Å². The molecule has 0 aliphatic heterocycles. The Morgan fingerprint density at radius 3 is 2.15 bits per heavy atom. The minimum Gasteiger partial charge on any atom is -0.467 e. The van der Waals surface area contributed by atoms with Crippen molar-refractivity contribution in [1.82, 2.24) is 5.32 Å². The molecule has 0 aliphatic rings. The van der Waals surface area contributed by atoms with Crippen LogP contribution in [0.5, 0.6) is 0 Å². The summed E-state index contributed by atoms with van der Waals surface area (Å²) >= 11 is 0. The lowest BCUT2D eigenvalue weighted by Crippen LogP contribution is -2.58. The van der Waals surface area contributed by atoms with Gasteiger partial charge in [0.25, 0.3) is 0 Å². The lowest BCUT2D eigenvalue weighted by atomic mass is 10.1. The average Bonchev–Trinajstić information content (AvgIpc) is 2.57. The highest BCUT2D eigenvalue weighted by atomic mass is 28.4. The Morgan fingerprint density at radius 2 is 1.65 bits per heavy atom. The number of esters is 1. The first-order valence-electron chi connectivity index (χ1n) is 8.62. The summed E-state index contributed by atoms with van der Waals surface area (Å²) < 4.78 is 16.2. The Bertz CT molecular complexity index is 612. The Kier molecular flexibility index (Phi) is 7.41. The van der Waals surface area contributed by atoms with Crippen molar-refractivity contribution in [2.24, 2.45) is 0 Å². The molecule has 0 saturated heterocycles. The fourth-order valence-electron chi connectivity index (χ4n) is 1.90. The summed E-state index contributed by atoms with van der Waals surface area (Å²) in [5.74, 6) is -0.576. The van der Waals surface area contributed by atoms with Gasteiger partial charge in [-0.05, 0) is 30.6 Å². The minimum atomic E-state index is -2.10. The quantitative estimate of drug-likeness (QED) is 0.573. The van der Waals surface area contributed by atoms with Gasteiger partial charge in [0.2, 0.25) is 0 Å². The van der Waals surface area contributed by atoms with Crippen LogP contribution >= 0.6 is 0 Å². The summed E-state index contributed by atoms with van der Waals surface area (Å²) in [4.78, 5) is 24.4. The van der Waals surface area contributed by atoms with Gasteiger partial charge in [-0.3, -0.25) is 0 Å². The molecule has 0 fully saturated rings. The second kappa shape index (κ2) is 8.68. The van der Waals surface area contributed by atoms with E-state index in [2.05, 4.69) is 39.2 Å². The van der Waals surface area contributed by atoms with E-state index in [1.807, 2.05) is 30.3 Å². The number of benzene rings is 1. The number of rotatable bonds is 7. The molecule has 0 saturated carbocycles. The largest absolute Gasteiger partial charge is 0.467 e. The number of carbonyl (C=O) groups is 2. The van der Waals surface area contributed by atoms with Crippen LogP contribution in [0.1, 0.15) is 33.3 Å². The second-order valence-electron chi connectivity index (χ2n) is 8.06. The molecule has 0 radical (unpaired) electrons. The lowest BCUT2D eigenvalue weighted by Gasteiger charge is -2.39. The van der Waals surface area contributed by atoms with E-state index in [1.165, 1.54) is 7.11 Å². The van der Waals surface area contributed by atoms with E-state index in [-0.39, 0.29) is 18.3 Å². The molecule has 1 aromatic rings. The first-order valence-corrected chi connectivity index (χ1v) is 11.5. The van der Waals surface area contributed by atoms with Gasteiger partial charge in [0.05, 0.1) is 13.7 Å². The molecule has 1 N–H and O–H groups in total. The number of methoxy groups -OCH3 is 1. The van der Waals surface area contributed by atoms with Crippen molar-refractivity contribution in [2.75, 3.05) is 13.7 Å². The fourth-order valence-corrected chi connectivity index (χ4v) is 2.98. The summed E-state index contributed by atoms with van der Waals surface area (Å²) in [5, 5.41) is 2.58. The molecule has 0 aliphatic carbocycles. The smallest absolute Gasteiger partial charge is 0.408 e. The molecular weight excluding hydrogens is 350 g/mol. The summed E-state index contributed by atoms with van der Waals surface area (Å²) in [6.07, 6.45) is -0.694. The van der Waals surface area contributed by atoms with Crippen molar-refractivity contribution >= 4 is 20.4 Å². The van der Waals surface area contributed by atoms with E-state index < -0.39 is 25.9 Å². The Hall–Kier alpha value is -1.86. The summed E-state index contributed by atoms with van der Waals surface area (Å²) in [6.45, 7) is 12.2. The number of alkyl carbamates (subject to hydrolysis) is 1. The SMILES string of the molecule is COC(=O)C(C)(CO[Si](C)(C)C(C)(C)C)NC(=O)OCc1ccccc1. The molecule has 0 heterocycles. The van der Waals surface area contributed by atoms with Gasteiger partial charge >= 0.3 is 12.1 Å². The van der Waals surface area contributed by atoms with Gasteiger partial charge in [0.15, 0.2) is 13.9 Å². The van der Waals surface area contributed by atoms with E-state index in [1.54, 1.807) is 6.92 Å². The van der Waals surface area contributed by atoms with Gasteiger partial charge < -0.3 is 19.2 Å². The van der Waals surface area contributed by atoms with Crippen LogP contribution in [-0.2, 0) is 25.3 Å². The van der Waals surface area contributed by atoms with Crippen molar-refractivity contribution in [2.45, 2.75) is 58.0 Å². The first kappa shape index (κ1) is 22.2. The Labute approximate surface area is 157 Å². The lowest BCUT2D eigenvalue weighted by molar-refractivity contribution is -0.149. The zero-order chi connectivity index (χ0) is 20.0. The topological polar surface area (TPSA) is 73.9 Å². The number of carbonyl (C=O) groups excluding carboxylic acids is 2. The summed E-state index contributed by atoms with van der Waals surface area (Å²) in [7, 11) is -0.814. The molecule has 7 heteroatoms. The van der Waals surface area contributed by atoms with Crippen LogP contribution in [0.2, 0.25) is 18.1 Å². The van der Waals surface area contributed by atoms with Crippen molar-refractivity contribution < 1.29 is 23.5 Å². The average molecular weight is 382 g/mol. The van der Waals surface area contributed by atoms with Crippen LogP contribution in [0.25, 0.3) is 0 Å². The van der Waals surface area contributed by atoms with E-state index in [0.717, 1.165) is 5.56 Å². The van der Waals surface area contributed by atoms with Gasteiger partial charge in [-0.25, -0.2) is 9.59 Å². The Balaban J connectivity index is 2.75.